The lowest BCUT2D eigenvalue weighted by atomic mass is 9.88. The molecule has 0 spiro atoms. The van der Waals surface area contributed by atoms with E-state index in [9.17, 15) is 4.79 Å². The molecule has 1 unspecified atom stereocenters. The molecule has 1 aromatic heterocycles. The first kappa shape index (κ1) is 18.7. The van der Waals surface area contributed by atoms with Crippen LogP contribution in [-0.2, 0) is 22.6 Å². The molecule has 3 aromatic rings. The van der Waals surface area contributed by atoms with Crippen molar-refractivity contribution in [3.8, 4) is 0 Å². The molecule has 1 atom stereocenters. The molecule has 1 aliphatic rings. The van der Waals surface area contributed by atoms with Gasteiger partial charge < -0.3 is 4.74 Å². The summed E-state index contributed by atoms with van der Waals surface area (Å²) in [7, 11) is 0. The molecule has 6 nitrogen and oxygen atoms in total. The number of aromatic nitrogens is 2. The predicted octanol–water partition coefficient (Wildman–Crippen LogP) is 3.76. The second-order valence-corrected chi connectivity index (χ2v) is 7.76. The first-order chi connectivity index (χ1) is 13.5. The largest absolute Gasteiger partial charge is 0.359 e. The molecule has 2 N–H and O–H groups in total. The highest BCUT2D eigenvalue weighted by Crippen LogP contribution is 2.35. The Bertz CT molecular complexity index is 1010. The molecule has 4 rings (SSSR count). The third kappa shape index (κ3) is 3.30. The molecule has 0 radical (unpaired) electrons. The fourth-order valence-electron chi connectivity index (χ4n) is 3.93. The number of hydrogen-bond acceptors (Lipinski definition) is 4. The molecule has 146 valence electrons. The van der Waals surface area contributed by atoms with Crippen LogP contribution in [0, 0.1) is 0 Å². The van der Waals surface area contributed by atoms with Crippen LogP contribution in [0.3, 0.4) is 0 Å². The SMILES string of the molecule is CC(C)(OCc1nn(C2CCCc3ccccc32)c2ccccc12)C(=O)NO. The number of carbonyl (C=O) groups is 1. The molecular formula is C22H25N3O3. The van der Waals surface area contributed by atoms with E-state index in [0.717, 1.165) is 35.9 Å². The number of benzene rings is 2. The lowest BCUT2D eigenvalue weighted by molar-refractivity contribution is -0.153. The van der Waals surface area contributed by atoms with E-state index < -0.39 is 11.5 Å². The van der Waals surface area contributed by atoms with Crippen LogP contribution in [0.5, 0.6) is 0 Å². The van der Waals surface area contributed by atoms with Crippen molar-refractivity contribution in [3.63, 3.8) is 0 Å². The van der Waals surface area contributed by atoms with Crippen molar-refractivity contribution in [3.05, 3.63) is 65.4 Å². The molecule has 1 amide bonds. The van der Waals surface area contributed by atoms with Gasteiger partial charge in [-0.05, 0) is 50.3 Å². The number of carbonyl (C=O) groups excluding carboxylic acids is 1. The van der Waals surface area contributed by atoms with Crippen LogP contribution in [-0.4, -0.2) is 26.5 Å². The van der Waals surface area contributed by atoms with Gasteiger partial charge in [0.15, 0.2) is 0 Å². The van der Waals surface area contributed by atoms with Crippen molar-refractivity contribution in [2.45, 2.75) is 51.4 Å². The summed E-state index contributed by atoms with van der Waals surface area (Å²) in [5.41, 5.74) is 5.07. The third-order valence-electron chi connectivity index (χ3n) is 5.54. The minimum Gasteiger partial charge on any atom is -0.359 e. The topological polar surface area (TPSA) is 76.4 Å². The molecule has 0 aliphatic heterocycles. The Labute approximate surface area is 164 Å². The van der Waals surface area contributed by atoms with Crippen molar-refractivity contribution in [2.75, 3.05) is 0 Å². The highest BCUT2D eigenvalue weighted by atomic mass is 16.5. The fraction of sp³-hybridized carbons (Fsp3) is 0.364. The Hall–Kier alpha value is -2.70. The van der Waals surface area contributed by atoms with Crippen LogP contribution in [0.15, 0.2) is 48.5 Å². The van der Waals surface area contributed by atoms with Gasteiger partial charge in [-0.15, -0.1) is 0 Å². The molecule has 0 saturated carbocycles. The van der Waals surface area contributed by atoms with E-state index in [-0.39, 0.29) is 12.6 Å². The van der Waals surface area contributed by atoms with Crippen LogP contribution in [0.2, 0.25) is 0 Å². The second kappa shape index (κ2) is 7.37. The number of amides is 1. The van der Waals surface area contributed by atoms with Crippen LogP contribution in [0.4, 0.5) is 0 Å². The van der Waals surface area contributed by atoms with Crippen molar-refractivity contribution in [1.82, 2.24) is 15.3 Å². The third-order valence-corrected chi connectivity index (χ3v) is 5.54. The number of para-hydroxylation sites is 1. The minimum absolute atomic E-state index is 0.183. The number of nitrogens with one attached hydrogen (secondary N) is 1. The van der Waals surface area contributed by atoms with Crippen molar-refractivity contribution >= 4 is 16.8 Å². The van der Waals surface area contributed by atoms with E-state index in [0.29, 0.717) is 0 Å². The van der Waals surface area contributed by atoms with Gasteiger partial charge in [-0.2, -0.15) is 5.10 Å². The number of aryl methyl sites for hydroxylation is 1. The molecular weight excluding hydrogens is 354 g/mol. The number of fused-ring (bicyclic) bond motifs is 2. The maximum Gasteiger partial charge on any atom is 0.274 e. The van der Waals surface area contributed by atoms with E-state index in [1.165, 1.54) is 11.1 Å². The molecule has 28 heavy (non-hydrogen) atoms. The maximum absolute atomic E-state index is 11.8. The predicted molar refractivity (Wildman–Crippen MR) is 106 cm³/mol. The quantitative estimate of drug-likeness (QED) is 0.523. The number of hydrogen-bond donors (Lipinski definition) is 2. The molecule has 0 fully saturated rings. The first-order valence-corrected chi connectivity index (χ1v) is 9.63. The Morgan fingerprint density at radius 2 is 2.00 bits per heavy atom. The average Bonchev–Trinajstić information content (AvgIpc) is 3.10. The summed E-state index contributed by atoms with van der Waals surface area (Å²) in [6.07, 6.45) is 3.28. The van der Waals surface area contributed by atoms with Gasteiger partial charge in [0.05, 0.1) is 23.9 Å². The highest BCUT2D eigenvalue weighted by Gasteiger charge is 2.30. The van der Waals surface area contributed by atoms with E-state index in [4.69, 9.17) is 15.0 Å². The zero-order valence-electron chi connectivity index (χ0n) is 16.2. The molecule has 0 saturated heterocycles. The summed E-state index contributed by atoms with van der Waals surface area (Å²) in [6, 6.07) is 16.9. The minimum atomic E-state index is -1.16. The van der Waals surface area contributed by atoms with Crippen molar-refractivity contribution in [2.24, 2.45) is 0 Å². The van der Waals surface area contributed by atoms with Gasteiger partial charge in [0.2, 0.25) is 0 Å². The summed E-state index contributed by atoms with van der Waals surface area (Å²) in [5.74, 6) is -0.586. The summed E-state index contributed by atoms with van der Waals surface area (Å²) in [5, 5.41) is 14.8. The maximum atomic E-state index is 11.8. The van der Waals surface area contributed by atoms with Crippen LogP contribution < -0.4 is 5.48 Å². The van der Waals surface area contributed by atoms with Gasteiger partial charge in [-0.1, -0.05) is 42.5 Å². The monoisotopic (exact) mass is 379 g/mol. The van der Waals surface area contributed by atoms with Gasteiger partial charge in [0.25, 0.3) is 5.91 Å². The molecule has 1 heterocycles. The molecule has 6 heteroatoms. The molecule has 0 bridgehead atoms. The zero-order valence-corrected chi connectivity index (χ0v) is 16.2. The van der Waals surface area contributed by atoms with E-state index >= 15 is 0 Å². The zero-order chi connectivity index (χ0) is 19.7. The number of ether oxygens (including phenoxy) is 1. The fourth-order valence-corrected chi connectivity index (χ4v) is 3.93. The van der Waals surface area contributed by atoms with E-state index in [1.54, 1.807) is 19.3 Å². The second-order valence-electron chi connectivity index (χ2n) is 7.76. The Morgan fingerprint density at radius 1 is 1.25 bits per heavy atom. The lowest BCUT2D eigenvalue weighted by Gasteiger charge is -2.26. The standard InChI is InChI=1S/C22H25N3O3/c1-22(2,21(26)24-27)28-14-18-17-11-5-6-12-20(17)25(23-18)19-13-7-9-15-8-3-4-10-16(15)19/h3-6,8,10-12,19,27H,7,9,13-14H2,1-2H3,(H,24,26). The van der Waals surface area contributed by atoms with Crippen LogP contribution >= 0.6 is 0 Å². The molecule has 1 aliphatic carbocycles. The average molecular weight is 379 g/mol. The van der Waals surface area contributed by atoms with E-state index in [1.807, 2.05) is 18.2 Å². The Kier molecular flexibility index (Phi) is 4.91. The van der Waals surface area contributed by atoms with Crippen LogP contribution in [0.25, 0.3) is 10.9 Å². The first-order valence-electron chi connectivity index (χ1n) is 9.63. The Morgan fingerprint density at radius 3 is 2.82 bits per heavy atom. The lowest BCUT2D eigenvalue weighted by Crippen LogP contribution is -2.42. The van der Waals surface area contributed by atoms with Gasteiger partial charge in [-0.25, -0.2) is 5.48 Å². The summed E-state index contributed by atoms with van der Waals surface area (Å²) in [6.45, 7) is 3.42. The highest BCUT2D eigenvalue weighted by molar-refractivity contribution is 5.84. The van der Waals surface area contributed by atoms with Gasteiger partial charge in [0.1, 0.15) is 5.60 Å². The van der Waals surface area contributed by atoms with Crippen molar-refractivity contribution in [1.29, 1.82) is 0 Å². The smallest absolute Gasteiger partial charge is 0.274 e. The normalized spacial score (nSPS) is 16.8. The van der Waals surface area contributed by atoms with Crippen molar-refractivity contribution < 1.29 is 14.7 Å². The summed E-state index contributed by atoms with van der Waals surface area (Å²) in [4.78, 5) is 11.8. The van der Waals surface area contributed by atoms with Gasteiger partial charge in [-0.3, -0.25) is 14.7 Å². The van der Waals surface area contributed by atoms with E-state index in [2.05, 4.69) is 35.0 Å². The number of hydroxylamine groups is 1. The van der Waals surface area contributed by atoms with Gasteiger partial charge >= 0.3 is 0 Å². The Balaban J connectivity index is 1.71. The molecule has 2 aromatic carbocycles. The number of nitrogens with zero attached hydrogens (tertiary/aromatic N) is 2. The summed E-state index contributed by atoms with van der Waals surface area (Å²) < 4.78 is 7.90. The van der Waals surface area contributed by atoms with Gasteiger partial charge in [0, 0.05) is 5.39 Å². The number of rotatable bonds is 5. The summed E-state index contributed by atoms with van der Waals surface area (Å²) >= 11 is 0. The van der Waals surface area contributed by atoms with Crippen LogP contribution in [0.1, 0.15) is 49.6 Å².